The molecule has 0 saturated carbocycles. The molecule has 0 unspecified atom stereocenters. The molecule has 0 spiro atoms. The van der Waals surface area contributed by atoms with Crippen LogP contribution >= 0.6 is 0 Å². The smallest absolute Gasteiger partial charge is 0.195 e. The lowest BCUT2D eigenvalue weighted by molar-refractivity contribution is 0.538. The normalized spacial score (nSPS) is 28.7. The van der Waals surface area contributed by atoms with Crippen molar-refractivity contribution in [1.29, 1.82) is 0 Å². The first-order valence-corrected chi connectivity index (χ1v) is 5.86. The van der Waals surface area contributed by atoms with E-state index in [-0.39, 0.29) is 13.3 Å². The molecule has 0 aromatic heterocycles. The Kier molecular flexibility index (Phi) is 2.65. The Hall–Kier alpha value is -0.260. The lowest BCUT2D eigenvalue weighted by Gasteiger charge is -2.14. The van der Waals surface area contributed by atoms with Crippen LogP contribution in [0.2, 0.25) is 0 Å². The molecule has 8 nitrogen and oxygen atoms in total. The third-order valence-corrected chi connectivity index (χ3v) is 3.15. The molecule has 0 atom stereocenters. The van der Waals surface area contributed by atoms with Crippen LogP contribution in [-0.2, 0) is 20.4 Å². The highest BCUT2D eigenvalue weighted by molar-refractivity contribution is 7.88. The van der Waals surface area contributed by atoms with Crippen molar-refractivity contribution in [2.75, 3.05) is 13.3 Å². The van der Waals surface area contributed by atoms with E-state index in [2.05, 4.69) is 0 Å². The van der Waals surface area contributed by atoms with Gasteiger partial charge in [0.05, 0.1) is 13.3 Å². The Bertz CT molecular complexity index is 287. The Morgan fingerprint density at radius 1 is 0.667 bits per heavy atom. The van der Waals surface area contributed by atoms with Gasteiger partial charge in [0.1, 0.15) is 0 Å². The van der Waals surface area contributed by atoms with E-state index in [9.17, 15) is 16.8 Å². The van der Waals surface area contributed by atoms with Gasteiger partial charge in [0.25, 0.3) is 20.4 Å². The van der Waals surface area contributed by atoms with E-state index < -0.39 is 20.4 Å². The summed E-state index contributed by atoms with van der Waals surface area (Å²) in [4.78, 5) is 0. The molecule has 1 aliphatic rings. The van der Waals surface area contributed by atoms with E-state index in [1.54, 1.807) is 0 Å². The molecule has 1 rings (SSSR count). The summed E-state index contributed by atoms with van der Waals surface area (Å²) in [5, 5.41) is 0. The maximum Gasteiger partial charge on any atom is 0.279 e. The number of hydrogen-bond acceptors (Lipinski definition) is 4. The van der Waals surface area contributed by atoms with Crippen LogP contribution < -0.4 is 18.9 Å². The molecule has 0 aromatic carbocycles. The van der Waals surface area contributed by atoms with Crippen LogP contribution in [0.25, 0.3) is 0 Å². The maximum absolute atomic E-state index is 10.7. The minimum Gasteiger partial charge on any atom is -0.195 e. The van der Waals surface area contributed by atoms with E-state index in [4.69, 9.17) is 0 Å². The fourth-order valence-corrected chi connectivity index (χ4v) is 1.98. The SMILES string of the molecule is O=S1(=O)NCNS(=O)(=O)NCN1. The summed E-state index contributed by atoms with van der Waals surface area (Å²) in [5.74, 6) is 0. The summed E-state index contributed by atoms with van der Waals surface area (Å²) >= 11 is 0. The van der Waals surface area contributed by atoms with Crippen LogP contribution in [0.5, 0.6) is 0 Å². The van der Waals surface area contributed by atoms with Gasteiger partial charge < -0.3 is 0 Å². The summed E-state index contributed by atoms with van der Waals surface area (Å²) in [7, 11) is -7.16. The van der Waals surface area contributed by atoms with Gasteiger partial charge in [-0.05, 0) is 0 Å². The average molecular weight is 216 g/mol. The second kappa shape index (κ2) is 3.24. The predicted octanol–water partition coefficient (Wildman–Crippen LogP) is -3.24. The fraction of sp³-hybridized carbons (Fsp3) is 1.00. The van der Waals surface area contributed by atoms with Crippen molar-refractivity contribution in [2.45, 2.75) is 0 Å². The fourth-order valence-electron chi connectivity index (χ4n) is 0.541. The second-order valence-electron chi connectivity index (χ2n) is 1.94. The summed E-state index contributed by atoms with van der Waals surface area (Å²) in [6, 6.07) is 0. The van der Waals surface area contributed by atoms with Crippen LogP contribution in [0, 0.1) is 0 Å². The van der Waals surface area contributed by atoms with Crippen molar-refractivity contribution in [1.82, 2.24) is 18.9 Å². The minimum absolute atomic E-state index is 0.370. The van der Waals surface area contributed by atoms with Crippen molar-refractivity contribution in [3.63, 3.8) is 0 Å². The summed E-state index contributed by atoms with van der Waals surface area (Å²) in [6.07, 6.45) is 0. The molecule has 0 aromatic rings. The van der Waals surface area contributed by atoms with Gasteiger partial charge in [0.2, 0.25) is 0 Å². The zero-order chi connectivity index (χ0) is 9.24. The highest BCUT2D eigenvalue weighted by Crippen LogP contribution is 1.80. The molecular weight excluding hydrogens is 208 g/mol. The topological polar surface area (TPSA) is 116 Å². The molecule has 1 heterocycles. The Balaban J connectivity index is 2.69. The van der Waals surface area contributed by atoms with Crippen LogP contribution in [0.3, 0.4) is 0 Å². The largest absolute Gasteiger partial charge is 0.279 e. The van der Waals surface area contributed by atoms with Gasteiger partial charge in [-0.2, -0.15) is 35.7 Å². The molecule has 0 amide bonds. The lowest BCUT2D eigenvalue weighted by Crippen LogP contribution is -2.53. The average Bonchev–Trinajstić information content (AvgIpc) is 1.82. The van der Waals surface area contributed by atoms with Crippen molar-refractivity contribution in [3.8, 4) is 0 Å². The Morgan fingerprint density at radius 2 is 0.917 bits per heavy atom. The zero-order valence-electron chi connectivity index (χ0n) is 5.86. The minimum atomic E-state index is -3.58. The third-order valence-electron chi connectivity index (χ3n) is 1.05. The maximum atomic E-state index is 10.7. The van der Waals surface area contributed by atoms with Gasteiger partial charge in [-0.3, -0.25) is 0 Å². The molecule has 72 valence electrons. The van der Waals surface area contributed by atoms with E-state index in [0.717, 1.165) is 0 Å². The Labute approximate surface area is 70.1 Å². The first-order chi connectivity index (χ1) is 5.41. The van der Waals surface area contributed by atoms with Crippen LogP contribution in [0.1, 0.15) is 0 Å². The standard InChI is InChI=1S/C2H8N4O4S2/c7-11(8)3-1-4-12(9,10)6-2-5-11/h3-6H,1-2H2. The second-order valence-corrected chi connectivity index (χ2v) is 5.11. The highest BCUT2D eigenvalue weighted by Gasteiger charge is 2.16. The molecule has 0 bridgehead atoms. The lowest BCUT2D eigenvalue weighted by atomic mass is 11.3. The first kappa shape index (κ1) is 9.83. The predicted molar refractivity (Wildman–Crippen MR) is 40.1 cm³/mol. The molecule has 1 aliphatic heterocycles. The van der Waals surface area contributed by atoms with Crippen molar-refractivity contribution in [3.05, 3.63) is 0 Å². The summed E-state index contributed by atoms with van der Waals surface area (Å²) < 4.78 is 50.7. The van der Waals surface area contributed by atoms with Crippen molar-refractivity contribution < 1.29 is 16.8 Å². The van der Waals surface area contributed by atoms with Gasteiger partial charge in [0, 0.05) is 0 Å². The molecule has 1 saturated heterocycles. The number of hydrogen-bond donors (Lipinski definition) is 4. The van der Waals surface area contributed by atoms with Crippen LogP contribution in [-0.4, -0.2) is 30.2 Å². The molecule has 12 heavy (non-hydrogen) atoms. The van der Waals surface area contributed by atoms with E-state index in [1.165, 1.54) is 0 Å². The zero-order valence-corrected chi connectivity index (χ0v) is 7.50. The van der Waals surface area contributed by atoms with E-state index in [1.807, 2.05) is 18.9 Å². The molecule has 0 aliphatic carbocycles. The number of rotatable bonds is 0. The van der Waals surface area contributed by atoms with Gasteiger partial charge in [0.15, 0.2) is 0 Å². The van der Waals surface area contributed by atoms with Crippen LogP contribution in [0.15, 0.2) is 0 Å². The van der Waals surface area contributed by atoms with E-state index >= 15 is 0 Å². The quantitative estimate of drug-likeness (QED) is 0.340. The van der Waals surface area contributed by atoms with Crippen molar-refractivity contribution >= 4 is 20.4 Å². The number of nitrogens with one attached hydrogen (secondary N) is 4. The molecule has 1 fully saturated rings. The van der Waals surface area contributed by atoms with Crippen LogP contribution in [0.4, 0.5) is 0 Å². The summed E-state index contributed by atoms with van der Waals surface area (Å²) in [6.45, 7) is -0.741. The summed E-state index contributed by atoms with van der Waals surface area (Å²) in [5.41, 5.74) is 0. The van der Waals surface area contributed by atoms with Gasteiger partial charge in [-0.15, -0.1) is 0 Å². The Morgan fingerprint density at radius 3 is 1.17 bits per heavy atom. The molecule has 0 radical (unpaired) electrons. The monoisotopic (exact) mass is 216 g/mol. The van der Waals surface area contributed by atoms with Crippen molar-refractivity contribution in [2.24, 2.45) is 0 Å². The molecule has 4 N–H and O–H groups in total. The van der Waals surface area contributed by atoms with Gasteiger partial charge >= 0.3 is 0 Å². The first-order valence-electron chi connectivity index (χ1n) is 2.90. The highest BCUT2D eigenvalue weighted by atomic mass is 32.2. The van der Waals surface area contributed by atoms with Gasteiger partial charge in [-0.25, -0.2) is 0 Å². The van der Waals surface area contributed by atoms with E-state index in [0.29, 0.717) is 0 Å². The molecule has 10 heteroatoms. The third kappa shape index (κ3) is 3.00. The van der Waals surface area contributed by atoms with Gasteiger partial charge in [-0.1, -0.05) is 0 Å². The molecular formula is C2H8N4O4S2.